The molecular formula is C5H14NNaO7S. The molecule has 0 aliphatic carbocycles. The van der Waals surface area contributed by atoms with Crippen LogP contribution in [0, 0.1) is 0 Å². The van der Waals surface area contributed by atoms with E-state index in [0.717, 1.165) is 7.05 Å². The smallest absolute Gasteiger partial charge is 1.00 e. The van der Waals surface area contributed by atoms with E-state index < -0.39 is 34.6 Å². The summed E-state index contributed by atoms with van der Waals surface area (Å²) in [7, 11) is -3.30. The van der Waals surface area contributed by atoms with E-state index in [1.807, 2.05) is 0 Å². The van der Waals surface area contributed by atoms with Crippen LogP contribution in [0.15, 0.2) is 0 Å². The minimum Gasteiger partial charge on any atom is -1.00 e. The van der Waals surface area contributed by atoms with Crippen molar-refractivity contribution in [3.05, 3.63) is 0 Å². The molecule has 0 fully saturated rings. The van der Waals surface area contributed by atoms with Crippen LogP contribution in [0.3, 0.4) is 0 Å². The molecule has 0 saturated carbocycles. The third-order valence-corrected chi connectivity index (χ3v) is 2.21. The molecule has 8 nitrogen and oxygen atoms in total. The average Bonchev–Trinajstić information content (AvgIpc) is 1.79. The maximum atomic E-state index is 10.3. The van der Waals surface area contributed by atoms with Crippen LogP contribution in [-0.2, 0) is 10.1 Å². The van der Waals surface area contributed by atoms with Crippen molar-refractivity contribution in [3.8, 4) is 0 Å². The van der Waals surface area contributed by atoms with E-state index >= 15 is 0 Å². The molecule has 1 atom stereocenters. The molecule has 15 heavy (non-hydrogen) atoms. The first-order valence-electron chi connectivity index (χ1n) is 3.54. The fourth-order valence-electron chi connectivity index (χ4n) is 0.734. The van der Waals surface area contributed by atoms with E-state index in [-0.39, 0.29) is 31.0 Å². The van der Waals surface area contributed by atoms with Gasteiger partial charge in [0, 0.05) is 6.54 Å². The van der Waals surface area contributed by atoms with E-state index in [1.54, 1.807) is 0 Å². The summed E-state index contributed by atoms with van der Waals surface area (Å²) in [5.74, 6) is -0.951. The summed E-state index contributed by atoms with van der Waals surface area (Å²) in [6.45, 7) is -0.538. The maximum absolute atomic E-state index is 10.3. The SMILES string of the molecule is CN(CC(O)CS(=O)(=O)O)C(O)(O)O.[H-].[Na+]. The molecule has 10 heteroatoms. The van der Waals surface area contributed by atoms with E-state index in [1.165, 1.54) is 0 Å². The van der Waals surface area contributed by atoms with Crippen molar-refractivity contribution in [1.29, 1.82) is 0 Å². The van der Waals surface area contributed by atoms with Gasteiger partial charge in [-0.2, -0.15) is 8.42 Å². The van der Waals surface area contributed by atoms with Gasteiger partial charge in [-0.1, -0.05) is 0 Å². The second-order valence-corrected chi connectivity index (χ2v) is 4.38. The van der Waals surface area contributed by atoms with Gasteiger partial charge in [-0.3, -0.25) is 4.55 Å². The Morgan fingerprint density at radius 3 is 2.07 bits per heavy atom. The summed E-state index contributed by atoms with van der Waals surface area (Å²) in [5, 5.41) is 34.6. The summed E-state index contributed by atoms with van der Waals surface area (Å²) in [4.78, 5) is 0.489. The minimum atomic E-state index is -4.34. The van der Waals surface area contributed by atoms with Crippen LogP contribution < -0.4 is 29.6 Å². The van der Waals surface area contributed by atoms with Gasteiger partial charge in [-0.25, -0.2) is 4.90 Å². The quantitative estimate of drug-likeness (QED) is 0.186. The molecule has 1 unspecified atom stereocenters. The predicted octanol–water partition coefficient (Wildman–Crippen LogP) is -6.13. The molecule has 88 valence electrons. The normalized spacial score (nSPS) is 14.9. The Balaban J connectivity index is -0.000000845. The van der Waals surface area contributed by atoms with Crippen molar-refractivity contribution in [2.75, 3.05) is 19.3 Å². The zero-order valence-corrected chi connectivity index (χ0v) is 11.2. The first kappa shape index (κ1) is 18.1. The Morgan fingerprint density at radius 2 is 1.80 bits per heavy atom. The summed E-state index contributed by atoms with van der Waals surface area (Å²) in [6.07, 6.45) is -4.68. The molecule has 0 heterocycles. The number of aliphatic hydroxyl groups excluding tert-OH is 1. The van der Waals surface area contributed by atoms with Crippen LogP contribution in [0.25, 0.3) is 0 Å². The maximum Gasteiger partial charge on any atom is 1.00 e. The second-order valence-electron chi connectivity index (χ2n) is 2.88. The molecule has 0 aromatic heterocycles. The summed E-state index contributed by atoms with van der Waals surface area (Å²) >= 11 is 0. The molecule has 0 saturated heterocycles. The van der Waals surface area contributed by atoms with Crippen LogP contribution in [0.1, 0.15) is 1.43 Å². The van der Waals surface area contributed by atoms with Gasteiger partial charge < -0.3 is 21.9 Å². The van der Waals surface area contributed by atoms with Gasteiger partial charge in [0.15, 0.2) is 0 Å². The zero-order valence-electron chi connectivity index (χ0n) is 9.40. The van der Waals surface area contributed by atoms with Crippen molar-refractivity contribution in [2.24, 2.45) is 0 Å². The van der Waals surface area contributed by atoms with Crippen LogP contribution in [0.5, 0.6) is 0 Å². The molecule has 0 amide bonds. The van der Waals surface area contributed by atoms with Gasteiger partial charge >= 0.3 is 35.7 Å². The van der Waals surface area contributed by atoms with Crippen molar-refractivity contribution in [2.45, 2.75) is 12.2 Å². The van der Waals surface area contributed by atoms with Crippen LogP contribution >= 0.6 is 0 Å². The summed E-state index contributed by atoms with van der Waals surface area (Å²) in [6, 6.07) is 0. The molecule has 0 rings (SSSR count). The summed E-state index contributed by atoms with van der Waals surface area (Å²) in [5.41, 5.74) is 0. The average molecular weight is 255 g/mol. The number of aliphatic hydroxyl groups is 4. The number of hydrogen-bond donors (Lipinski definition) is 5. The standard InChI is InChI=1S/C5H13NO7S.Na.H/c1-6(5(8,9)10)2-4(7)3-14(11,12)13;;/h4,7-10H,2-3H2,1H3,(H,11,12,13);;/q;+1;-1. The molecule has 5 N–H and O–H groups in total. The van der Waals surface area contributed by atoms with Gasteiger partial charge in [-0.05, 0) is 7.05 Å². The van der Waals surface area contributed by atoms with Gasteiger partial charge in [0.2, 0.25) is 0 Å². The fourth-order valence-corrected chi connectivity index (χ4v) is 1.33. The Bertz CT molecular complexity index is 279. The van der Waals surface area contributed by atoms with Crippen molar-refractivity contribution >= 4 is 10.1 Å². The van der Waals surface area contributed by atoms with Crippen molar-refractivity contribution in [1.82, 2.24) is 4.90 Å². The second kappa shape index (κ2) is 6.45. The van der Waals surface area contributed by atoms with Crippen molar-refractivity contribution in [3.63, 3.8) is 0 Å². The first-order chi connectivity index (χ1) is 6.02. The largest absolute Gasteiger partial charge is 1.00 e. The van der Waals surface area contributed by atoms with Crippen LogP contribution in [0.2, 0.25) is 0 Å². The Kier molecular flexibility index (Phi) is 7.77. The van der Waals surface area contributed by atoms with E-state index in [2.05, 4.69) is 0 Å². The summed E-state index contributed by atoms with van der Waals surface area (Å²) < 4.78 is 28.8. The van der Waals surface area contributed by atoms with E-state index in [0.29, 0.717) is 4.90 Å². The Hall–Kier alpha value is 0.710. The number of rotatable bonds is 5. The van der Waals surface area contributed by atoms with Crippen molar-refractivity contribution < 1.29 is 64.4 Å². The fraction of sp³-hybridized carbons (Fsp3) is 1.00. The van der Waals surface area contributed by atoms with Gasteiger partial charge in [0.1, 0.15) is 5.75 Å². The van der Waals surface area contributed by atoms with Gasteiger partial charge in [0.05, 0.1) is 6.10 Å². The topological polar surface area (TPSA) is 139 Å². The molecule has 0 spiro atoms. The Labute approximate surface area is 111 Å². The van der Waals surface area contributed by atoms with Gasteiger partial charge in [0.25, 0.3) is 10.1 Å². The number of likely N-dealkylation sites (N-methyl/N-ethyl adjacent to an activating group) is 1. The third-order valence-electron chi connectivity index (χ3n) is 1.40. The molecule has 0 aromatic rings. The molecule has 0 bridgehead atoms. The van der Waals surface area contributed by atoms with E-state index in [4.69, 9.17) is 25.0 Å². The van der Waals surface area contributed by atoms with Crippen LogP contribution in [-0.4, -0.2) is 69.8 Å². The van der Waals surface area contributed by atoms with E-state index in [9.17, 15) is 8.42 Å². The number of hydrogen-bond acceptors (Lipinski definition) is 7. The monoisotopic (exact) mass is 255 g/mol. The first-order valence-corrected chi connectivity index (χ1v) is 5.15. The molecular weight excluding hydrogens is 241 g/mol. The minimum absolute atomic E-state index is 0. The van der Waals surface area contributed by atoms with Crippen LogP contribution in [0.4, 0.5) is 0 Å². The molecule has 0 radical (unpaired) electrons. The Morgan fingerprint density at radius 1 is 1.40 bits per heavy atom. The van der Waals surface area contributed by atoms with Gasteiger partial charge in [-0.15, -0.1) is 0 Å². The molecule has 0 aromatic carbocycles. The third kappa shape index (κ3) is 9.63. The zero-order chi connectivity index (χ0) is 11.6. The molecule has 0 aliphatic rings. The number of nitrogens with zero attached hydrogens (tertiary/aromatic N) is 1. The molecule has 0 aliphatic heterocycles. The predicted molar refractivity (Wildman–Crippen MR) is 45.6 cm³/mol.